The van der Waals surface area contributed by atoms with Crippen molar-refractivity contribution in [2.45, 2.75) is 51.2 Å². The lowest BCUT2D eigenvalue weighted by Crippen LogP contribution is -2.36. The summed E-state index contributed by atoms with van der Waals surface area (Å²) in [5, 5.41) is 4.03. The Morgan fingerprint density at radius 2 is 1.93 bits per heavy atom. The molecule has 214 valence electrons. The number of aromatic nitrogens is 3. The highest BCUT2D eigenvalue weighted by Gasteiger charge is 2.42. The van der Waals surface area contributed by atoms with Crippen molar-refractivity contribution in [3.8, 4) is 5.88 Å². The number of nitrogens with zero attached hydrogens (tertiary/aromatic N) is 4. The van der Waals surface area contributed by atoms with Gasteiger partial charge in [0.2, 0.25) is 5.88 Å². The van der Waals surface area contributed by atoms with Gasteiger partial charge in [-0.3, -0.25) is 4.79 Å². The molecule has 1 atom stereocenters. The molecule has 0 saturated heterocycles. The molecule has 4 rings (SSSR count). The first-order valence-corrected chi connectivity index (χ1v) is 16.4. The number of anilines is 1. The summed E-state index contributed by atoms with van der Waals surface area (Å²) in [6.07, 6.45) is -2.51. The summed E-state index contributed by atoms with van der Waals surface area (Å²) in [4.78, 5) is 30.5. The number of carbonyl (C=O) groups is 1. The fourth-order valence-corrected chi connectivity index (χ4v) is 5.14. The van der Waals surface area contributed by atoms with Crippen molar-refractivity contribution in [1.29, 1.82) is 0 Å². The van der Waals surface area contributed by atoms with Crippen LogP contribution in [0.1, 0.15) is 33.1 Å². The van der Waals surface area contributed by atoms with E-state index in [0.717, 1.165) is 23.4 Å². The number of methoxy groups -OCH3 is 1. The SMILES string of the molecule is COC(=O)c1ccnc(OCC2c3ccccc3CN2c2cnn(COCC[Si](C)(C)C)c(=O)c2C(F)(F)F)c1. The summed E-state index contributed by atoms with van der Waals surface area (Å²) < 4.78 is 59.8. The van der Waals surface area contributed by atoms with Crippen molar-refractivity contribution >= 4 is 19.7 Å². The molecule has 2 aromatic heterocycles. The van der Waals surface area contributed by atoms with E-state index in [4.69, 9.17) is 14.2 Å². The van der Waals surface area contributed by atoms with Crippen LogP contribution in [0.15, 0.2) is 53.6 Å². The Balaban J connectivity index is 1.64. The predicted octanol–water partition coefficient (Wildman–Crippen LogP) is 4.90. The van der Waals surface area contributed by atoms with E-state index in [2.05, 4.69) is 29.7 Å². The van der Waals surface area contributed by atoms with Gasteiger partial charge in [-0.05, 0) is 23.2 Å². The van der Waals surface area contributed by atoms with Crippen LogP contribution in [0.5, 0.6) is 5.88 Å². The number of halogens is 3. The number of hydrogen-bond donors (Lipinski definition) is 0. The maximum atomic E-state index is 14.4. The topological polar surface area (TPSA) is 95.8 Å². The van der Waals surface area contributed by atoms with E-state index < -0.39 is 37.4 Å². The number of ether oxygens (including phenoxy) is 3. The molecule has 0 radical (unpaired) electrons. The average Bonchev–Trinajstić information content (AvgIpc) is 3.27. The number of fused-ring (bicyclic) bond motifs is 1. The molecule has 0 N–H and O–H groups in total. The minimum atomic E-state index is -4.94. The van der Waals surface area contributed by atoms with E-state index in [9.17, 15) is 22.8 Å². The molecule has 0 bridgehead atoms. The Morgan fingerprint density at radius 1 is 1.18 bits per heavy atom. The van der Waals surface area contributed by atoms with Gasteiger partial charge in [-0.25, -0.2) is 14.5 Å². The first-order chi connectivity index (χ1) is 18.9. The van der Waals surface area contributed by atoms with Crippen LogP contribution >= 0.6 is 0 Å². The molecular formula is C27H31F3N4O5Si. The summed E-state index contributed by atoms with van der Waals surface area (Å²) in [5.74, 6) is -0.474. The third-order valence-corrected chi connectivity index (χ3v) is 8.21. The van der Waals surface area contributed by atoms with Gasteiger partial charge in [-0.2, -0.15) is 18.3 Å². The standard InChI is InChI=1S/C27H31F3N4O5Si/c1-37-26(36)18-9-10-31-23(13-18)39-16-22-20-8-6-5-7-19(20)15-33(22)21-14-32-34(17-38-11-12-40(2,3)4)25(35)24(21)27(28,29)30/h5-10,13-14,22H,11-12,15-17H2,1-4H3. The van der Waals surface area contributed by atoms with Crippen LogP contribution < -0.4 is 15.2 Å². The van der Waals surface area contributed by atoms with Crippen LogP contribution in [0.3, 0.4) is 0 Å². The highest BCUT2D eigenvalue weighted by atomic mass is 28.3. The van der Waals surface area contributed by atoms with Crippen molar-refractivity contribution in [2.24, 2.45) is 0 Å². The molecule has 0 fully saturated rings. The van der Waals surface area contributed by atoms with Gasteiger partial charge in [0.1, 0.15) is 18.9 Å². The fraction of sp³-hybridized carbons (Fsp3) is 0.407. The van der Waals surface area contributed by atoms with Crippen LogP contribution in [0.2, 0.25) is 25.7 Å². The zero-order valence-corrected chi connectivity index (χ0v) is 23.7. The Bertz CT molecular complexity index is 1420. The van der Waals surface area contributed by atoms with Crippen molar-refractivity contribution < 1.29 is 32.2 Å². The first-order valence-electron chi connectivity index (χ1n) is 12.7. The summed E-state index contributed by atoms with van der Waals surface area (Å²) in [7, 11) is -0.171. The molecule has 1 unspecified atom stereocenters. The lowest BCUT2D eigenvalue weighted by atomic mass is 10.1. The normalized spacial score (nSPS) is 15.2. The summed E-state index contributed by atoms with van der Waals surface area (Å²) in [6.45, 7) is 6.42. The molecule has 1 aromatic carbocycles. The smallest absolute Gasteiger partial charge is 0.423 e. The van der Waals surface area contributed by atoms with Crippen LogP contribution in [0.25, 0.3) is 0 Å². The zero-order chi connectivity index (χ0) is 29.1. The van der Waals surface area contributed by atoms with E-state index in [1.54, 1.807) is 18.2 Å². The van der Waals surface area contributed by atoms with Gasteiger partial charge in [-0.15, -0.1) is 0 Å². The quantitative estimate of drug-likeness (QED) is 0.191. The molecular weight excluding hydrogens is 545 g/mol. The third-order valence-electron chi connectivity index (χ3n) is 6.50. The first kappa shape index (κ1) is 29.3. The average molecular weight is 577 g/mol. The number of rotatable bonds is 10. The van der Waals surface area contributed by atoms with Gasteiger partial charge in [0.25, 0.3) is 5.56 Å². The second kappa shape index (κ2) is 11.8. The lowest BCUT2D eigenvalue weighted by Gasteiger charge is -2.29. The molecule has 1 aliphatic heterocycles. The Morgan fingerprint density at radius 3 is 2.62 bits per heavy atom. The van der Waals surface area contributed by atoms with E-state index in [0.29, 0.717) is 11.3 Å². The van der Waals surface area contributed by atoms with Gasteiger partial charge in [0, 0.05) is 33.5 Å². The molecule has 0 saturated carbocycles. The van der Waals surface area contributed by atoms with Crippen LogP contribution in [-0.2, 0) is 28.9 Å². The number of hydrogen-bond acceptors (Lipinski definition) is 8. The second-order valence-corrected chi connectivity index (χ2v) is 16.2. The molecule has 9 nitrogen and oxygen atoms in total. The number of carbonyl (C=O) groups excluding carboxylic acids is 1. The number of pyridine rings is 1. The van der Waals surface area contributed by atoms with Gasteiger partial charge in [0.15, 0.2) is 0 Å². The molecule has 1 aliphatic rings. The van der Waals surface area contributed by atoms with E-state index >= 15 is 0 Å². The maximum Gasteiger partial charge on any atom is 0.423 e. The highest BCUT2D eigenvalue weighted by Crippen LogP contribution is 2.42. The third kappa shape index (κ3) is 6.70. The van der Waals surface area contributed by atoms with Crippen LogP contribution in [0.4, 0.5) is 18.9 Å². The summed E-state index contributed by atoms with van der Waals surface area (Å²) >= 11 is 0. The number of esters is 1. The van der Waals surface area contributed by atoms with E-state index in [1.807, 2.05) is 6.07 Å². The molecule has 13 heteroatoms. The molecule has 0 amide bonds. The maximum absolute atomic E-state index is 14.4. The van der Waals surface area contributed by atoms with Gasteiger partial charge in [0.05, 0.1) is 30.6 Å². The minimum absolute atomic E-state index is 0.102. The van der Waals surface area contributed by atoms with Gasteiger partial charge >= 0.3 is 12.1 Å². The molecule has 0 spiro atoms. The monoisotopic (exact) mass is 576 g/mol. The number of alkyl halides is 3. The Hall–Kier alpha value is -3.71. The predicted molar refractivity (Wildman–Crippen MR) is 144 cm³/mol. The van der Waals surface area contributed by atoms with E-state index in [-0.39, 0.29) is 37.0 Å². The Kier molecular flexibility index (Phi) is 8.64. The fourth-order valence-electron chi connectivity index (χ4n) is 4.38. The molecule has 3 heterocycles. The minimum Gasteiger partial charge on any atom is -0.475 e. The van der Waals surface area contributed by atoms with Crippen molar-refractivity contribution in [1.82, 2.24) is 14.8 Å². The van der Waals surface area contributed by atoms with Crippen LogP contribution in [-0.4, -0.2) is 49.1 Å². The largest absolute Gasteiger partial charge is 0.475 e. The van der Waals surface area contributed by atoms with Gasteiger partial charge in [-0.1, -0.05) is 43.9 Å². The van der Waals surface area contributed by atoms with Gasteiger partial charge < -0.3 is 19.1 Å². The van der Waals surface area contributed by atoms with Crippen molar-refractivity contribution in [3.05, 3.63) is 81.4 Å². The summed E-state index contributed by atoms with van der Waals surface area (Å²) in [5.41, 5.74) is -1.19. The molecule has 40 heavy (non-hydrogen) atoms. The zero-order valence-electron chi connectivity index (χ0n) is 22.7. The Labute approximate surface area is 230 Å². The van der Waals surface area contributed by atoms with Crippen LogP contribution in [0, 0.1) is 0 Å². The van der Waals surface area contributed by atoms with E-state index in [1.165, 1.54) is 30.3 Å². The van der Waals surface area contributed by atoms with Crippen molar-refractivity contribution in [2.75, 3.05) is 25.2 Å². The van der Waals surface area contributed by atoms with Crippen molar-refractivity contribution in [3.63, 3.8) is 0 Å². The number of benzene rings is 1. The lowest BCUT2D eigenvalue weighted by molar-refractivity contribution is -0.138. The highest BCUT2D eigenvalue weighted by molar-refractivity contribution is 6.76. The molecule has 3 aromatic rings. The summed E-state index contributed by atoms with van der Waals surface area (Å²) in [6, 6.07) is 10.2. The molecule has 0 aliphatic carbocycles. The second-order valence-electron chi connectivity index (χ2n) is 10.6.